The van der Waals surface area contributed by atoms with E-state index in [0.717, 1.165) is 0 Å². The van der Waals surface area contributed by atoms with Crippen LogP contribution in [0.25, 0.3) is 0 Å². The Labute approximate surface area is 69.2 Å². The fourth-order valence-corrected chi connectivity index (χ4v) is 1.04. The second-order valence-electron chi connectivity index (χ2n) is 2.52. The summed E-state index contributed by atoms with van der Waals surface area (Å²) in [5, 5.41) is 7.98. The van der Waals surface area contributed by atoms with Crippen LogP contribution in [0.2, 0.25) is 0 Å². The molecular formula is C6H10N4O2. The van der Waals surface area contributed by atoms with Crippen molar-refractivity contribution < 1.29 is 9.59 Å². The van der Waals surface area contributed by atoms with Gasteiger partial charge in [-0.05, 0) is 6.42 Å². The van der Waals surface area contributed by atoms with Crippen molar-refractivity contribution >= 4 is 11.8 Å². The Morgan fingerprint density at radius 2 is 2.42 bits per heavy atom. The Bertz CT molecular complexity index is 214. The molecule has 1 unspecified atom stereocenters. The van der Waals surface area contributed by atoms with E-state index in [9.17, 15) is 9.59 Å². The summed E-state index contributed by atoms with van der Waals surface area (Å²) in [4.78, 5) is 21.7. The van der Waals surface area contributed by atoms with Gasteiger partial charge >= 0.3 is 0 Å². The number of piperidine rings is 1. The van der Waals surface area contributed by atoms with Crippen molar-refractivity contribution in [3.8, 4) is 0 Å². The lowest BCUT2D eigenvalue weighted by molar-refractivity contribution is -0.134. The van der Waals surface area contributed by atoms with Gasteiger partial charge in [-0.2, -0.15) is 5.11 Å². The Morgan fingerprint density at radius 1 is 1.67 bits per heavy atom. The quantitative estimate of drug-likeness (QED) is 0.388. The van der Waals surface area contributed by atoms with Gasteiger partial charge in [-0.15, -0.1) is 0 Å². The third-order valence-electron chi connectivity index (χ3n) is 1.66. The van der Waals surface area contributed by atoms with Crippen LogP contribution in [0.1, 0.15) is 12.8 Å². The molecular weight excluding hydrogens is 160 g/mol. The molecule has 66 valence electrons. The number of imide groups is 1. The van der Waals surface area contributed by atoms with Crippen molar-refractivity contribution in [2.45, 2.75) is 18.9 Å². The van der Waals surface area contributed by atoms with E-state index in [4.69, 9.17) is 5.53 Å². The Kier molecular flexibility index (Phi) is 2.87. The van der Waals surface area contributed by atoms with Crippen molar-refractivity contribution in [1.29, 1.82) is 5.53 Å². The first-order valence-corrected chi connectivity index (χ1v) is 3.64. The molecule has 1 aliphatic heterocycles. The molecule has 0 saturated carbocycles. The monoisotopic (exact) mass is 170 g/mol. The molecule has 1 aliphatic rings. The van der Waals surface area contributed by atoms with E-state index in [1.165, 1.54) is 0 Å². The van der Waals surface area contributed by atoms with Gasteiger partial charge in [0, 0.05) is 6.42 Å². The van der Waals surface area contributed by atoms with Gasteiger partial charge in [0.2, 0.25) is 11.8 Å². The lowest BCUT2D eigenvalue weighted by atomic mass is 10.1. The SMILES string of the molecule is N=NCNC1CCC(=O)NC1=O. The number of hydrogen-bond acceptors (Lipinski definition) is 5. The van der Waals surface area contributed by atoms with E-state index in [1.54, 1.807) is 0 Å². The standard InChI is InChI=1S/C6H10N4O2/c7-9-3-8-4-1-2-5(11)10-6(4)12/h4,7-8H,1-3H2,(H,10,11,12). The highest BCUT2D eigenvalue weighted by Gasteiger charge is 2.25. The van der Waals surface area contributed by atoms with E-state index in [-0.39, 0.29) is 24.5 Å². The molecule has 1 saturated heterocycles. The van der Waals surface area contributed by atoms with Gasteiger partial charge in [-0.1, -0.05) is 0 Å². The van der Waals surface area contributed by atoms with E-state index in [0.29, 0.717) is 12.8 Å². The topological polar surface area (TPSA) is 94.4 Å². The minimum Gasteiger partial charge on any atom is -0.295 e. The Balaban J connectivity index is 2.39. The van der Waals surface area contributed by atoms with E-state index >= 15 is 0 Å². The zero-order valence-electron chi connectivity index (χ0n) is 6.46. The van der Waals surface area contributed by atoms with Gasteiger partial charge in [0.25, 0.3) is 0 Å². The zero-order valence-corrected chi connectivity index (χ0v) is 6.46. The first-order valence-electron chi connectivity index (χ1n) is 3.64. The summed E-state index contributed by atoms with van der Waals surface area (Å²) in [6.45, 7) is 0.117. The summed E-state index contributed by atoms with van der Waals surface area (Å²) in [5.74, 6) is -0.559. The molecule has 1 rings (SSSR count). The maximum Gasteiger partial charge on any atom is 0.243 e. The van der Waals surface area contributed by atoms with Crippen molar-refractivity contribution in [3.63, 3.8) is 0 Å². The minimum absolute atomic E-state index is 0.117. The second kappa shape index (κ2) is 3.91. The van der Waals surface area contributed by atoms with Crippen LogP contribution in [0.3, 0.4) is 0 Å². The molecule has 0 aliphatic carbocycles. The second-order valence-corrected chi connectivity index (χ2v) is 2.52. The van der Waals surface area contributed by atoms with Gasteiger partial charge in [-0.25, -0.2) is 5.53 Å². The molecule has 1 fully saturated rings. The largest absolute Gasteiger partial charge is 0.295 e. The lowest BCUT2D eigenvalue weighted by Gasteiger charge is -2.20. The summed E-state index contributed by atoms with van der Waals surface area (Å²) in [7, 11) is 0. The highest BCUT2D eigenvalue weighted by atomic mass is 16.2. The van der Waals surface area contributed by atoms with Gasteiger partial charge in [0.05, 0.1) is 6.04 Å². The average molecular weight is 170 g/mol. The van der Waals surface area contributed by atoms with Crippen LogP contribution < -0.4 is 10.6 Å². The first-order chi connectivity index (χ1) is 5.74. The van der Waals surface area contributed by atoms with Crippen molar-refractivity contribution in [2.24, 2.45) is 5.11 Å². The molecule has 0 bridgehead atoms. The van der Waals surface area contributed by atoms with Crippen LogP contribution in [0, 0.1) is 5.53 Å². The van der Waals surface area contributed by atoms with Crippen molar-refractivity contribution in [2.75, 3.05) is 6.67 Å². The van der Waals surface area contributed by atoms with Crippen LogP contribution in [0.4, 0.5) is 0 Å². The van der Waals surface area contributed by atoms with Crippen LogP contribution >= 0.6 is 0 Å². The minimum atomic E-state index is -0.378. The fourth-order valence-electron chi connectivity index (χ4n) is 1.04. The number of rotatable bonds is 3. The van der Waals surface area contributed by atoms with Gasteiger partial charge < -0.3 is 0 Å². The highest BCUT2D eigenvalue weighted by Crippen LogP contribution is 2.03. The first kappa shape index (κ1) is 8.79. The van der Waals surface area contributed by atoms with Crippen LogP contribution in [0.15, 0.2) is 5.11 Å². The Hall–Kier alpha value is -1.30. The predicted molar refractivity (Wildman–Crippen MR) is 39.3 cm³/mol. The molecule has 0 radical (unpaired) electrons. The number of carbonyl (C=O) groups excluding carboxylic acids is 2. The molecule has 0 aromatic carbocycles. The number of nitrogens with one attached hydrogen (secondary N) is 3. The number of nitrogens with zero attached hydrogens (tertiary/aromatic N) is 1. The number of carbonyl (C=O) groups is 2. The van der Waals surface area contributed by atoms with Crippen LogP contribution in [-0.2, 0) is 9.59 Å². The van der Waals surface area contributed by atoms with Crippen LogP contribution in [0.5, 0.6) is 0 Å². The normalized spacial score (nSPS) is 23.5. The van der Waals surface area contributed by atoms with Crippen LogP contribution in [-0.4, -0.2) is 24.5 Å². The molecule has 0 aromatic rings. The lowest BCUT2D eigenvalue weighted by Crippen LogP contribution is -2.50. The molecule has 0 spiro atoms. The molecule has 2 amide bonds. The zero-order chi connectivity index (χ0) is 8.97. The molecule has 1 heterocycles. The van der Waals surface area contributed by atoms with E-state index in [1.807, 2.05) is 0 Å². The summed E-state index contributed by atoms with van der Waals surface area (Å²) in [6, 6.07) is -0.378. The predicted octanol–water partition coefficient (Wildman–Crippen LogP) is -0.630. The molecule has 6 nitrogen and oxygen atoms in total. The highest BCUT2D eigenvalue weighted by molar-refractivity contribution is 6.00. The maximum atomic E-state index is 11.0. The Morgan fingerprint density at radius 3 is 3.00 bits per heavy atom. The molecule has 1 atom stereocenters. The number of hydrogen-bond donors (Lipinski definition) is 3. The van der Waals surface area contributed by atoms with Gasteiger partial charge in [-0.3, -0.25) is 20.2 Å². The third kappa shape index (κ3) is 2.09. The molecule has 3 N–H and O–H groups in total. The van der Waals surface area contributed by atoms with Crippen molar-refractivity contribution in [3.05, 3.63) is 0 Å². The average Bonchev–Trinajstić information content (AvgIpc) is 2.03. The molecule has 12 heavy (non-hydrogen) atoms. The smallest absolute Gasteiger partial charge is 0.243 e. The summed E-state index contributed by atoms with van der Waals surface area (Å²) in [6.07, 6.45) is 0.835. The van der Waals surface area contributed by atoms with E-state index < -0.39 is 0 Å². The summed E-state index contributed by atoms with van der Waals surface area (Å²) < 4.78 is 0. The van der Waals surface area contributed by atoms with Crippen molar-refractivity contribution in [1.82, 2.24) is 10.6 Å². The number of amides is 2. The summed E-state index contributed by atoms with van der Waals surface area (Å²) in [5.41, 5.74) is 6.49. The van der Waals surface area contributed by atoms with E-state index in [2.05, 4.69) is 15.7 Å². The third-order valence-corrected chi connectivity index (χ3v) is 1.66. The summed E-state index contributed by atoms with van der Waals surface area (Å²) >= 11 is 0. The molecule has 6 heteroatoms. The molecule has 0 aromatic heterocycles. The van der Waals surface area contributed by atoms with Gasteiger partial charge in [0.15, 0.2) is 0 Å². The maximum absolute atomic E-state index is 11.0. The van der Waals surface area contributed by atoms with Gasteiger partial charge in [0.1, 0.15) is 6.67 Å². The fraction of sp³-hybridized carbons (Fsp3) is 0.667.